The SMILES string of the molecule is CC[C@@]1(C)C[C@@H]1C(=O)NCCc1nc(C(=O)O)cs1. The van der Waals surface area contributed by atoms with Crippen LogP contribution in [0.25, 0.3) is 0 Å². The largest absolute Gasteiger partial charge is 0.476 e. The lowest BCUT2D eigenvalue weighted by atomic mass is 10.0. The number of nitrogens with one attached hydrogen (secondary N) is 1. The molecule has 0 saturated heterocycles. The minimum atomic E-state index is -1.01. The fraction of sp³-hybridized carbons (Fsp3) is 0.615. The number of carbonyl (C=O) groups is 2. The van der Waals surface area contributed by atoms with Gasteiger partial charge in [0.15, 0.2) is 5.69 Å². The highest BCUT2D eigenvalue weighted by atomic mass is 32.1. The van der Waals surface area contributed by atoms with Crippen molar-refractivity contribution in [3.8, 4) is 0 Å². The first-order valence-electron chi connectivity index (χ1n) is 6.41. The lowest BCUT2D eigenvalue weighted by molar-refractivity contribution is -0.123. The van der Waals surface area contributed by atoms with Gasteiger partial charge >= 0.3 is 5.97 Å². The van der Waals surface area contributed by atoms with Crippen LogP contribution in [0.15, 0.2) is 5.38 Å². The Hall–Kier alpha value is -1.43. The smallest absolute Gasteiger partial charge is 0.355 e. The number of nitrogens with zero attached hydrogens (tertiary/aromatic N) is 1. The van der Waals surface area contributed by atoms with Crippen LogP contribution in [0, 0.1) is 11.3 Å². The molecular weight excluding hydrogens is 264 g/mol. The molecule has 2 N–H and O–H groups in total. The second-order valence-corrected chi connectivity index (χ2v) is 6.18. The molecule has 1 fully saturated rings. The van der Waals surface area contributed by atoms with Gasteiger partial charge in [0.05, 0.1) is 5.01 Å². The zero-order valence-corrected chi connectivity index (χ0v) is 11.9. The predicted molar refractivity (Wildman–Crippen MR) is 72.3 cm³/mol. The molecule has 104 valence electrons. The first-order valence-corrected chi connectivity index (χ1v) is 7.29. The van der Waals surface area contributed by atoms with Crippen LogP contribution in [0.2, 0.25) is 0 Å². The van der Waals surface area contributed by atoms with E-state index >= 15 is 0 Å². The summed E-state index contributed by atoms with van der Waals surface area (Å²) in [5.41, 5.74) is 0.258. The Bertz CT molecular complexity index is 500. The molecule has 19 heavy (non-hydrogen) atoms. The third kappa shape index (κ3) is 3.12. The van der Waals surface area contributed by atoms with Gasteiger partial charge in [-0.1, -0.05) is 13.8 Å². The summed E-state index contributed by atoms with van der Waals surface area (Å²) in [6, 6.07) is 0. The molecule has 1 heterocycles. The average molecular weight is 282 g/mol. The molecule has 0 unspecified atom stereocenters. The van der Waals surface area contributed by atoms with Gasteiger partial charge in [-0.05, 0) is 18.3 Å². The fourth-order valence-electron chi connectivity index (χ4n) is 2.15. The molecule has 0 aromatic carbocycles. The van der Waals surface area contributed by atoms with Crippen molar-refractivity contribution in [2.45, 2.75) is 33.1 Å². The maximum atomic E-state index is 11.9. The molecule has 0 spiro atoms. The number of aromatic nitrogens is 1. The molecule has 1 aliphatic carbocycles. The van der Waals surface area contributed by atoms with Gasteiger partial charge in [0.2, 0.25) is 5.91 Å². The number of rotatable bonds is 6. The van der Waals surface area contributed by atoms with E-state index in [-0.39, 0.29) is 22.9 Å². The summed E-state index contributed by atoms with van der Waals surface area (Å²) in [5, 5.41) is 13.9. The molecule has 1 aromatic rings. The summed E-state index contributed by atoms with van der Waals surface area (Å²) in [4.78, 5) is 26.5. The Morgan fingerprint density at radius 3 is 2.89 bits per heavy atom. The van der Waals surface area contributed by atoms with Gasteiger partial charge in [-0.3, -0.25) is 4.79 Å². The second-order valence-electron chi connectivity index (χ2n) is 5.24. The van der Waals surface area contributed by atoms with Crippen LogP contribution < -0.4 is 5.32 Å². The number of thiazole rings is 1. The summed E-state index contributed by atoms with van der Waals surface area (Å²) in [6.07, 6.45) is 2.58. The Kier molecular flexibility index (Phi) is 3.89. The third-order valence-electron chi connectivity index (χ3n) is 3.88. The molecule has 1 aliphatic rings. The van der Waals surface area contributed by atoms with E-state index in [1.165, 1.54) is 16.7 Å². The molecule has 0 aliphatic heterocycles. The minimum absolute atomic E-state index is 0.0760. The zero-order chi connectivity index (χ0) is 14.0. The van der Waals surface area contributed by atoms with E-state index < -0.39 is 5.97 Å². The van der Waals surface area contributed by atoms with Gasteiger partial charge in [0.25, 0.3) is 0 Å². The van der Waals surface area contributed by atoms with E-state index in [1.54, 1.807) is 0 Å². The maximum absolute atomic E-state index is 11.9. The first kappa shape index (κ1) is 14.0. The van der Waals surface area contributed by atoms with Crippen molar-refractivity contribution in [1.29, 1.82) is 0 Å². The number of amides is 1. The van der Waals surface area contributed by atoms with Gasteiger partial charge in [-0.25, -0.2) is 9.78 Å². The minimum Gasteiger partial charge on any atom is -0.476 e. The lowest BCUT2D eigenvalue weighted by Crippen LogP contribution is -2.28. The van der Waals surface area contributed by atoms with Crippen LogP contribution in [-0.2, 0) is 11.2 Å². The number of hydrogen-bond donors (Lipinski definition) is 2. The standard InChI is InChI=1S/C13H18N2O3S/c1-3-13(2)6-8(13)11(16)14-5-4-10-15-9(7-19-10)12(17)18/h7-8H,3-6H2,1-2H3,(H,14,16)(H,17,18)/t8-,13+/m1/s1. The molecule has 5 nitrogen and oxygen atoms in total. The third-order valence-corrected chi connectivity index (χ3v) is 4.79. The van der Waals surface area contributed by atoms with Gasteiger partial charge in [-0.2, -0.15) is 0 Å². The monoisotopic (exact) mass is 282 g/mol. The van der Waals surface area contributed by atoms with Crippen LogP contribution in [0.1, 0.15) is 42.2 Å². The average Bonchev–Trinajstić information content (AvgIpc) is 2.85. The Balaban J connectivity index is 1.75. The van der Waals surface area contributed by atoms with Crippen molar-refractivity contribution in [3.63, 3.8) is 0 Å². The van der Waals surface area contributed by atoms with E-state index in [0.717, 1.165) is 17.8 Å². The Labute approximate surface area is 116 Å². The number of carbonyl (C=O) groups excluding carboxylic acids is 1. The van der Waals surface area contributed by atoms with Crippen molar-refractivity contribution in [1.82, 2.24) is 10.3 Å². The Morgan fingerprint density at radius 1 is 1.63 bits per heavy atom. The molecule has 6 heteroatoms. The number of aromatic carboxylic acids is 1. The molecule has 1 aromatic heterocycles. The summed E-state index contributed by atoms with van der Waals surface area (Å²) in [5.74, 6) is -0.758. The van der Waals surface area contributed by atoms with E-state index in [2.05, 4.69) is 24.1 Å². The van der Waals surface area contributed by atoms with Crippen LogP contribution in [0.5, 0.6) is 0 Å². The van der Waals surface area contributed by atoms with Crippen LogP contribution in [-0.4, -0.2) is 28.5 Å². The Morgan fingerprint density at radius 2 is 2.37 bits per heavy atom. The van der Waals surface area contributed by atoms with Crippen LogP contribution >= 0.6 is 11.3 Å². The summed E-state index contributed by atoms with van der Waals surface area (Å²) in [7, 11) is 0. The van der Waals surface area contributed by atoms with Crippen LogP contribution in [0.3, 0.4) is 0 Å². The van der Waals surface area contributed by atoms with Gasteiger partial charge in [0.1, 0.15) is 0 Å². The molecule has 0 bridgehead atoms. The molecular formula is C13H18N2O3S. The van der Waals surface area contributed by atoms with Crippen molar-refractivity contribution in [2.24, 2.45) is 11.3 Å². The van der Waals surface area contributed by atoms with Crippen molar-refractivity contribution in [3.05, 3.63) is 16.1 Å². The van der Waals surface area contributed by atoms with Crippen molar-refractivity contribution >= 4 is 23.2 Å². The van der Waals surface area contributed by atoms with Gasteiger partial charge in [0, 0.05) is 24.3 Å². The molecule has 1 amide bonds. The molecule has 1 saturated carbocycles. The normalized spacial score (nSPS) is 25.1. The highest BCUT2D eigenvalue weighted by molar-refractivity contribution is 7.09. The van der Waals surface area contributed by atoms with Crippen molar-refractivity contribution in [2.75, 3.05) is 6.54 Å². The van der Waals surface area contributed by atoms with E-state index in [4.69, 9.17) is 5.11 Å². The molecule has 0 radical (unpaired) electrons. The van der Waals surface area contributed by atoms with E-state index in [0.29, 0.717) is 13.0 Å². The van der Waals surface area contributed by atoms with Crippen molar-refractivity contribution < 1.29 is 14.7 Å². The maximum Gasteiger partial charge on any atom is 0.355 e. The van der Waals surface area contributed by atoms with Gasteiger partial charge in [-0.15, -0.1) is 11.3 Å². The topological polar surface area (TPSA) is 79.3 Å². The van der Waals surface area contributed by atoms with E-state index in [1.807, 2.05) is 0 Å². The summed E-state index contributed by atoms with van der Waals surface area (Å²) < 4.78 is 0. The number of carboxylic acid groups (broad SMARTS) is 1. The quantitative estimate of drug-likeness (QED) is 0.835. The number of hydrogen-bond acceptors (Lipinski definition) is 4. The zero-order valence-electron chi connectivity index (χ0n) is 11.1. The van der Waals surface area contributed by atoms with E-state index in [9.17, 15) is 9.59 Å². The number of carboxylic acids is 1. The highest BCUT2D eigenvalue weighted by Gasteiger charge is 2.52. The molecule has 2 rings (SSSR count). The first-order chi connectivity index (χ1) is 8.96. The second kappa shape index (κ2) is 5.28. The predicted octanol–water partition coefficient (Wildman–Crippen LogP) is 1.94. The fourth-order valence-corrected chi connectivity index (χ4v) is 2.92. The summed E-state index contributed by atoms with van der Waals surface area (Å²) in [6.45, 7) is 4.76. The lowest BCUT2D eigenvalue weighted by Gasteiger charge is -2.07. The highest BCUT2D eigenvalue weighted by Crippen LogP contribution is 2.54. The summed E-state index contributed by atoms with van der Waals surface area (Å²) >= 11 is 1.31. The van der Waals surface area contributed by atoms with Crippen LogP contribution in [0.4, 0.5) is 0 Å². The molecule has 2 atom stereocenters. The van der Waals surface area contributed by atoms with Gasteiger partial charge < -0.3 is 10.4 Å².